The van der Waals surface area contributed by atoms with Gasteiger partial charge < -0.3 is 9.73 Å². The molecule has 0 spiro atoms. The third-order valence-electron chi connectivity index (χ3n) is 2.90. The van der Waals surface area contributed by atoms with Gasteiger partial charge in [-0.2, -0.15) is 4.98 Å². The molecule has 0 saturated heterocycles. The van der Waals surface area contributed by atoms with Crippen LogP contribution in [0.1, 0.15) is 6.92 Å². The molecule has 0 unspecified atom stereocenters. The first-order valence-electron chi connectivity index (χ1n) is 6.57. The minimum absolute atomic E-state index is 0.142. The van der Waals surface area contributed by atoms with Crippen LogP contribution < -0.4 is 10.6 Å². The SMILES string of the molecule is CCNC(=O)Nc1nc2cc(-c3cncnc3)cc(Br)c2o1. The number of nitrogens with one attached hydrogen (secondary N) is 2. The highest BCUT2D eigenvalue weighted by Crippen LogP contribution is 2.32. The van der Waals surface area contributed by atoms with Gasteiger partial charge in [0.1, 0.15) is 11.8 Å². The lowest BCUT2D eigenvalue weighted by Gasteiger charge is -2.01. The smallest absolute Gasteiger partial charge is 0.322 e. The predicted octanol–water partition coefficient (Wildman–Crippen LogP) is 3.19. The Bertz CT molecular complexity index is 819. The quantitative estimate of drug-likeness (QED) is 0.747. The van der Waals surface area contributed by atoms with Crippen LogP contribution in [0.25, 0.3) is 22.2 Å². The maximum absolute atomic E-state index is 11.5. The molecule has 1 aromatic carbocycles. The number of amides is 2. The van der Waals surface area contributed by atoms with E-state index in [1.807, 2.05) is 19.1 Å². The van der Waals surface area contributed by atoms with Crippen LogP contribution >= 0.6 is 15.9 Å². The van der Waals surface area contributed by atoms with Crippen LogP contribution in [0.5, 0.6) is 0 Å². The number of carbonyl (C=O) groups excluding carboxylic acids is 1. The van der Waals surface area contributed by atoms with Gasteiger partial charge in [0, 0.05) is 24.5 Å². The summed E-state index contributed by atoms with van der Waals surface area (Å²) in [6, 6.07) is 3.53. The van der Waals surface area contributed by atoms with E-state index >= 15 is 0 Å². The number of urea groups is 1. The van der Waals surface area contributed by atoms with E-state index in [1.54, 1.807) is 12.4 Å². The average Bonchev–Trinajstić information content (AvgIpc) is 2.91. The lowest BCUT2D eigenvalue weighted by molar-refractivity contribution is 0.252. The summed E-state index contributed by atoms with van der Waals surface area (Å²) in [4.78, 5) is 23.8. The van der Waals surface area contributed by atoms with Crippen LogP contribution in [0, 0.1) is 0 Å². The van der Waals surface area contributed by atoms with Crippen molar-refractivity contribution in [1.29, 1.82) is 0 Å². The van der Waals surface area contributed by atoms with Crippen LogP contribution in [0.2, 0.25) is 0 Å². The van der Waals surface area contributed by atoms with Crippen molar-refractivity contribution in [1.82, 2.24) is 20.3 Å². The van der Waals surface area contributed by atoms with Crippen molar-refractivity contribution in [2.24, 2.45) is 0 Å². The molecule has 0 atom stereocenters. The molecule has 112 valence electrons. The number of hydrogen-bond acceptors (Lipinski definition) is 5. The van der Waals surface area contributed by atoms with Crippen LogP contribution in [0.15, 0.2) is 39.7 Å². The van der Waals surface area contributed by atoms with Crippen molar-refractivity contribution in [3.8, 4) is 11.1 Å². The summed E-state index contributed by atoms with van der Waals surface area (Å²) in [6.07, 6.45) is 4.91. The number of benzene rings is 1. The first kappa shape index (κ1) is 14.5. The Morgan fingerprint density at radius 2 is 2.05 bits per heavy atom. The van der Waals surface area contributed by atoms with Gasteiger partial charge in [-0.1, -0.05) is 0 Å². The van der Waals surface area contributed by atoms with Gasteiger partial charge in [0.2, 0.25) is 0 Å². The molecule has 8 heteroatoms. The Kier molecular flexibility index (Phi) is 4.01. The number of nitrogens with zero attached hydrogens (tertiary/aromatic N) is 3. The normalized spacial score (nSPS) is 10.6. The summed E-state index contributed by atoms with van der Waals surface area (Å²) in [5.41, 5.74) is 2.96. The Labute approximate surface area is 134 Å². The molecule has 0 bridgehead atoms. The third-order valence-corrected chi connectivity index (χ3v) is 3.49. The first-order chi connectivity index (χ1) is 10.7. The molecule has 0 aliphatic heterocycles. The zero-order valence-corrected chi connectivity index (χ0v) is 13.2. The molecule has 2 N–H and O–H groups in total. The van der Waals surface area contributed by atoms with Crippen molar-refractivity contribution in [3.05, 3.63) is 35.3 Å². The van der Waals surface area contributed by atoms with Gasteiger partial charge in [-0.05, 0) is 40.5 Å². The van der Waals surface area contributed by atoms with E-state index in [2.05, 4.69) is 41.5 Å². The molecular weight excluding hydrogens is 350 g/mol. The number of anilines is 1. The molecule has 0 aliphatic rings. The van der Waals surface area contributed by atoms with Crippen molar-refractivity contribution in [2.45, 2.75) is 6.92 Å². The van der Waals surface area contributed by atoms with Crippen molar-refractivity contribution < 1.29 is 9.21 Å². The van der Waals surface area contributed by atoms with E-state index in [-0.39, 0.29) is 12.0 Å². The second-order valence-corrected chi connectivity index (χ2v) is 5.29. The molecule has 2 amide bonds. The summed E-state index contributed by atoms with van der Waals surface area (Å²) < 4.78 is 6.28. The number of fused-ring (bicyclic) bond motifs is 1. The highest BCUT2D eigenvalue weighted by Gasteiger charge is 2.13. The van der Waals surface area contributed by atoms with Crippen LogP contribution in [-0.2, 0) is 0 Å². The fourth-order valence-electron chi connectivity index (χ4n) is 1.96. The monoisotopic (exact) mass is 361 g/mol. The third kappa shape index (κ3) is 2.91. The van der Waals surface area contributed by atoms with E-state index in [0.717, 1.165) is 15.6 Å². The fourth-order valence-corrected chi connectivity index (χ4v) is 2.49. The second-order valence-electron chi connectivity index (χ2n) is 4.44. The van der Waals surface area contributed by atoms with Crippen molar-refractivity contribution in [2.75, 3.05) is 11.9 Å². The molecule has 3 aromatic rings. The van der Waals surface area contributed by atoms with Gasteiger partial charge in [-0.3, -0.25) is 5.32 Å². The van der Waals surface area contributed by atoms with Crippen LogP contribution in [0.3, 0.4) is 0 Å². The molecule has 0 aliphatic carbocycles. The lowest BCUT2D eigenvalue weighted by Crippen LogP contribution is -2.28. The molecule has 0 saturated carbocycles. The number of halogens is 1. The number of carbonyl (C=O) groups is 1. The van der Waals surface area contributed by atoms with Gasteiger partial charge in [-0.25, -0.2) is 14.8 Å². The van der Waals surface area contributed by atoms with Gasteiger partial charge in [0.15, 0.2) is 5.58 Å². The molecule has 0 radical (unpaired) electrons. The molecular formula is C14H12BrN5O2. The summed E-state index contributed by atoms with van der Waals surface area (Å²) in [7, 11) is 0. The van der Waals surface area contributed by atoms with Crippen LogP contribution in [-0.4, -0.2) is 27.5 Å². The molecule has 3 rings (SSSR count). The molecule has 2 aromatic heterocycles. The van der Waals surface area contributed by atoms with Crippen molar-refractivity contribution >= 4 is 39.1 Å². The number of oxazole rings is 1. The summed E-state index contributed by atoms with van der Waals surface area (Å²) in [6.45, 7) is 2.35. The minimum atomic E-state index is -0.359. The first-order valence-corrected chi connectivity index (χ1v) is 7.37. The van der Waals surface area contributed by atoms with E-state index in [9.17, 15) is 4.79 Å². The summed E-state index contributed by atoms with van der Waals surface area (Å²) >= 11 is 3.45. The minimum Gasteiger partial charge on any atom is -0.422 e. The van der Waals surface area contributed by atoms with Crippen molar-refractivity contribution in [3.63, 3.8) is 0 Å². The Morgan fingerprint density at radius 3 is 2.77 bits per heavy atom. The summed E-state index contributed by atoms with van der Waals surface area (Å²) in [5, 5.41) is 5.16. The average molecular weight is 362 g/mol. The fraction of sp³-hybridized carbons (Fsp3) is 0.143. The highest BCUT2D eigenvalue weighted by atomic mass is 79.9. The summed E-state index contributed by atoms with van der Waals surface area (Å²) in [5.74, 6) is 0. The topological polar surface area (TPSA) is 92.9 Å². The van der Waals surface area contributed by atoms with Gasteiger partial charge in [0.05, 0.1) is 4.47 Å². The maximum Gasteiger partial charge on any atom is 0.322 e. The van der Waals surface area contributed by atoms with Crippen LogP contribution in [0.4, 0.5) is 10.8 Å². The molecule has 2 heterocycles. The Balaban J connectivity index is 1.98. The van der Waals surface area contributed by atoms with Gasteiger partial charge in [-0.15, -0.1) is 0 Å². The molecule has 7 nitrogen and oxygen atoms in total. The van der Waals surface area contributed by atoms with E-state index < -0.39 is 0 Å². The number of hydrogen-bond donors (Lipinski definition) is 2. The maximum atomic E-state index is 11.5. The Hall–Kier alpha value is -2.48. The van der Waals surface area contributed by atoms with E-state index in [1.165, 1.54) is 6.33 Å². The molecule has 22 heavy (non-hydrogen) atoms. The van der Waals surface area contributed by atoms with E-state index in [0.29, 0.717) is 17.6 Å². The standard InChI is InChI=1S/C14H12BrN5O2/c1-2-18-13(21)20-14-19-11-4-8(3-10(15)12(11)22-14)9-5-16-7-17-6-9/h3-7H,2H2,1H3,(H2,18,19,20,21). The van der Waals surface area contributed by atoms with Gasteiger partial charge >= 0.3 is 12.0 Å². The Morgan fingerprint density at radius 1 is 1.27 bits per heavy atom. The lowest BCUT2D eigenvalue weighted by atomic mass is 10.1. The zero-order chi connectivity index (χ0) is 15.5. The van der Waals surface area contributed by atoms with Gasteiger partial charge in [0.25, 0.3) is 0 Å². The predicted molar refractivity (Wildman–Crippen MR) is 85.4 cm³/mol. The number of aromatic nitrogens is 3. The zero-order valence-electron chi connectivity index (χ0n) is 11.6. The second kappa shape index (κ2) is 6.10. The van der Waals surface area contributed by atoms with E-state index in [4.69, 9.17) is 4.42 Å². The molecule has 0 fully saturated rings. The number of rotatable bonds is 3. The highest BCUT2D eigenvalue weighted by molar-refractivity contribution is 9.10. The largest absolute Gasteiger partial charge is 0.422 e.